The lowest BCUT2D eigenvalue weighted by atomic mass is 9.63. The third-order valence-corrected chi connectivity index (χ3v) is 5.01. The maximum Gasteiger partial charge on any atom is 0.217 e. The number of hydrogen-bond donors (Lipinski definition) is 2. The van der Waals surface area contributed by atoms with Crippen molar-refractivity contribution in [3.8, 4) is 5.75 Å². The molecule has 3 nitrogen and oxygen atoms in total. The zero-order valence-electron chi connectivity index (χ0n) is 12.8. The summed E-state index contributed by atoms with van der Waals surface area (Å²) in [5.74, 6) is 0.316. The summed E-state index contributed by atoms with van der Waals surface area (Å²) in [6.45, 7) is 3.81. The highest BCUT2D eigenvalue weighted by Crippen LogP contribution is 2.46. The van der Waals surface area contributed by atoms with E-state index in [0.717, 1.165) is 24.8 Å². The van der Waals surface area contributed by atoms with Crippen molar-refractivity contribution in [3.63, 3.8) is 0 Å². The lowest BCUT2D eigenvalue weighted by molar-refractivity contribution is -0.119. The van der Waals surface area contributed by atoms with E-state index in [1.54, 1.807) is 13.0 Å². The Morgan fingerprint density at radius 3 is 2.90 bits per heavy atom. The van der Waals surface area contributed by atoms with Crippen LogP contribution in [0.4, 0.5) is 0 Å². The third kappa shape index (κ3) is 2.45. The number of carbonyl (C=O) groups excluding carboxylic acids is 1. The zero-order valence-corrected chi connectivity index (χ0v) is 12.8. The van der Waals surface area contributed by atoms with Crippen molar-refractivity contribution in [2.24, 2.45) is 0 Å². The monoisotopic (exact) mass is 285 g/mol. The Bertz CT molecular complexity index is 605. The number of phenols is 1. The fourth-order valence-corrected chi connectivity index (χ4v) is 3.96. The van der Waals surface area contributed by atoms with Crippen LogP contribution in [0.1, 0.15) is 57.1 Å². The summed E-state index contributed by atoms with van der Waals surface area (Å²) in [5.41, 5.74) is 3.54. The van der Waals surface area contributed by atoms with E-state index >= 15 is 0 Å². The van der Waals surface area contributed by atoms with Crippen LogP contribution in [0.25, 0.3) is 6.08 Å². The number of hydrogen-bond acceptors (Lipinski definition) is 2. The average molecular weight is 285 g/mol. The van der Waals surface area contributed by atoms with Gasteiger partial charge in [-0.3, -0.25) is 4.79 Å². The minimum absolute atomic E-state index is 0.0151. The molecule has 0 heterocycles. The van der Waals surface area contributed by atoms with E-state index in [2.05, 4.69) is 18.3 Å². The van der Waals surface area contributed by atoms with Crippen molar-refractivity contribution in [1.29, 1.82) is 0 Å². The standard InChI is InChI=1S/C18H23NO2/c1-12(20)19-17-14-6-4-3-5-9-18(17,2)16-11-15(21)8-7-13(16)10-14/h7-8,10-11,17,21H,3-6,9H2,1-2H3,(H,19,20)/t17-,18+/m0/s1. The molecular formula is C18H23NO2. The van der Waals surface area contributed by atoms with Crippen molar-refractivity contribution < 1.29 is 9.90 Å². The Labute approximate surface area is 126 Å². The molecule has 2 aliphatic carbocycles. The summed E-state index contributed by atoms with van der Waals surface area (Å²) in [5, 5.41) is 13.0. The van der Waals surface area contributed by atoms with Crippen molar-refractivity contribution in [1.82, 2.24) is 5.32 Å². The van der Waals surface area contributed by atoms with Crippen molar-refractivity contribution in [2.45, 2.75) is 57.4 Å². The Kier molecular flexibility index (Phi) is 3.52. The van der Waals surface area contributed by atoms with Gasteiger partial charge in [0, 0.05) is 12.3 Å². The van der Waals surface area contributed by atoms with Gasteiger partial charge in [0.1, 0.15) is 5.75 Å². The maximum absolute atomic E-state index is 11.7. The SMILES string of the molecule is CC(=O)N[C@H]1C2=Cc3ccc(O)cc3[C@@]1(C)CCCCC2. The molecule has 2 N–H and O–H groups in total. The highest BCUT2D eigenvalue weighted by atomic mass is 16.3. The molecule has 0 saturated heterocycles. The van der Waals surface area contributed by atoms with Crippen LogP contribution in [0, 0.1) is 0 Å². The second kappa shape index (κ2) is 5.21. The van der Waals surface area contributed by atoms with Crippen LogP contribution in [-0.4, -0.2) is 17.1 Å². The molecule has 1 fully saturated rings. The largest absolute Gasteiger partial charge is 0.508 e. The van der Waals surface area contributed by atoms with E-state index in [1.807, 2.05) is 12.1 Å². The van der Waals surface area contributed by atoms with Crippen molar-refractivity contribution in [3.05, 3.63) is 34.9 Å². The topological polar surface area (TPSA) is 49.3 Å². The number of fused-ring (bicyclic) bond motifs is 4. The molecule has 0 spiro atoms. The minimum Gasteiger partial charge on any atom is -0.508 e. The van der Waals surface area contributed by atoms with Crippen LogP contribution in [0.2, 0.25) is 0 Å². The van der Waals surface area contributed by atoms with Gasteiger partial charge in [-0.2, -0.15) is 0 Å². The summed E-state index contributed by atoms with van der Waals surface area (Å²) < 4.78 is 0. The molecule has 3 rings (SSSR count). The van der Waals surface area contributed by atoms with E-state index in [9.17, 15) is 9.90 Å². The van der Waals surface area contributed by atoms with E-state index in [4.69, 9.17) is 0 Å². The smallest absolute Gasteiger partial charge is 0.217 e. The fourth-order valence-electron chi connectivity index (χ4n) is 3.96. The fraction of sp³-hybridized carbons (Fsp3) is 0.500. The number of rotatable bonds is 1. The highest BCUT2D eigenvalue weighted by Gasteiger charge is 2.42. The predicted molar refractivity (Wildman–Crippen MR) is 84.1 cm³/mol. The number of carbonyl (C=O) groups is 1. The van der Waals surface area contributed by atoms with Crippen LogP contribution >= 0.6 is 0 Å². The second-order valence-electron chi connectivity index (χ2n) is 6.60. The number of phenolic OH excluding ortho intramolecular Hbond substituents is 1. The number of aromatic hydroxyl groups is 1. The highest BCUT2D eigenvalue weighted by molar-refractivity contribution is 5.76. The minimum atomic E-state index is -0.135. The van der Waals surface area contributed by atoms with E-state index in [0.29, 0.717) is 5.75 Å². The van der Waals surface area contributed by atoms with Gasteiger partial charge in [0.2, 0.25) is 5.91 Å². The van der Waals surface area contributed by atoms with Gasteiger partial charge in [-0.15, -0.1) is 0 Å². The molecule has 21 heavy (non-hydrogen) atoms. The number of amides is 1. The van der Waals surface area contributed by atoms with E-state index < -0.39 is 0 Å². The molecule has 1 amide bonds. The first-order chi connectivity index (χ1) is 10.0. The molecule has 2 atom stereocenters. The van der Waals surface area contributed by atoms with Gasteiger partial charge >= 0.3 is 0 Å². The van der Waals surface area contributed by atoms with Gasteiger partial charge in [0.15, 0.2) is 0 Å². The van der Waals surface area contributed by atoms with Crippen LogP contribution in [0.3, 0.4) is 0 Å². The Morgan fingerprint density at radius 1 is 1.33 bits per heavy atom. The Balaban J connectivity index is 2.16. The van der Waals surface area contributed by atoms with E-state index in [-0.39, 0.29) is 17.4 Å². The molecule has 112 valence electrons. The molecular weight excluding hydrogens is 262 g/mol. The van der Waals surface area contributed by atoms with Crippen molar-refractivity contribution in [2.75, 3.05) is 0 Å². The van der Waals surface area contributed by atoms with Crippen molar-refractivity contribution >= 4 is 12.0 Å². The van der Waals surface area contributed by atoms with Gasteiger partial charge in [0.05, 0.1) is 6.04 Å². The first-order valence-electron chi connectivity index (χ1n) is 7.82. The molecule has 1 aromatic carbocycles. The molecule has 0 radical (unpaired) electrons. The average Bonchev–Trinajstić information content (AvgIpc) is 2.42. The van der Waals surface area contributed by atoms with Crippen LogP contribution in [0.15, 0.2) is 23.8 Å². The van der Waals surface area contributed by atoms with Crippen LogP contribution < -0.4 is 5.32 Å². The molecule has 2 bridgehead atoms. The molecule has 0 aromatic heterocycles. The summed E-state index contributed by atoms with van der Waals surface area (Å²) in [6.07, 6.45) is 7.86. The molecule has 3 heteroatoms. The first-order valence-corrected chi connectivity index (χ1v) is 7.82. The predicted octanol–water partition coefficient (Wildman–Crippen LogP) is 3.52. The van der Waals surface area contributed by atoms with Gasteiger partial charge in [-0.05, 0) is 48.1 Å². The normalized spacial score (nSPS) is 27.9. The molecule has 1 aromatic rings. The molecule has 1 saturated carbocycles. The summed E-state index contributed by atoms with van der Waals surface area (Å²) in [7, 11) is 0. The van der Waals surface area contributed by atoms with Gasteiger partial charge in [0.25, 0.3) is 0 Å². The van der Waals surface area contributed by atoms with Gasteiger partial charge in [-0.1, -0.05) is 31.9 Å². The first kappa shape index (κ1) is 14.2. The molecule has 0 unspecified atom stereocenters. The van der Waals surface area contributed by atoms with Gasteiger partial charge in [-0.25, -0.2) is 0 Å². The Morgan fingerprint density at radius 2 is 2.14 bits per heavy atom. The quantitative estimate of drug-likeness (QED) is 0.829. The van der Waals surface area contributed by atoms with E-state index in [1.165, 1.54) is 24.0 Å². The molecule has 0 aliphatic heterocycles. The Hall–Kier alpha value is -1.77. The van der Waals surface area contributed by atoms with Crippen LogP contribution in [0.5, 0.6) is 5.75 Å². The van der Waals surface area contributed by atoms with Crippen LogP contribution in [-0.2, 0) is 10.2 Å². The summed E-state index contributed by atoms with van der Waals surface area (Å²) >= 11 is 0. The zero-order chi connectivity index (χ0) is 15.0. The summed E-state index contributed by atoms with van der Waals surface area (Å²) in [6, 6.07) is 5.66. The van der Waals surface area contributed by atoms with Gasteiger partial charge < -0.3 is 10.4 Å². The number of nitrogens with one attached hydrogen (secondary N) is 1. The molecule has 2 aliphatic rings. The lowest BCUT2D eigenvalue weighted by Crippen LogP contribution is -2.51. The lowest BCUT2D eigenvalue weighted by Gasteiger charge is -2.45. The summed E-state index contributed by atoms with van der Waals surface area (Å²) in [4.78, 5) is 11.7. The maximum atomic E-state index is 11.7. The third-order valence-electron chi connectivity index (χ3n) is 5.01. The number of benzene rings is 1. The second-order valence-corrected chi connectivity index (χ2v) is 6.60.